The van der Waals surface area contributed by atoms with Gasteiger partial charge in [0.25, 0.3) is 5.91 Å². The van der Waals surface area contributed by atoms with E-state index in [-0.39, 0.29) is 11.9 Å². The van der Waals surface area contributed by atoms with E-state index in [1.807, 2.05) is 30.3 Å². The molecule has 0 saturated carbocycles. The monoisotopic (exact) mass is 265 g/mol. The third-order valence-electron chi connectivity index (χ3n) is 4.06. The van der Waals surface area contributed by atoms with Crippen molar-refractivity contribution in [3.8, 4) is 0 Å². The molecule has 0 saturated heterocycles. The highest BCUT2D eigenvalue weighted by atomic mass is 16.1. The molecule has 0 bridgehead atoms. The summed E-state index contributed by atoms with van der Waals surface area (Å²) < 4.78 is 0. The van der Waals surface area contributed by atoms with Gasteiger partial charge in [-0.2, -0.15) is 0 Å². The van der Waals surface area contributed by atoms with Crippen LogP contribution in [0.2, 0.25) is 0 Å². The number of carbonyl (C=O) groups is 1. The third-order valence-corrected chi connectivity index (χ3v) is 4.06. The van der Waals surface area contributed by atoms with Gasteiger partial charge in [0.2, 0.25) is 0 Å². The maximum absolute atomic E-state index is 12.3. The van der Waals surface area contributed by atoms with E-state index in [1.54, 1.807) is 0 Å². The molecule has 1 amide bonds. The van der Waals surface area contributed by atoms with E-state index in [0.29, 0.717) is 0 Å². The number of aryl methyl sites for hydroxylation is 2. The predicted octanol–water partition coefficient (Wildman–Crippen LogP) is 3.67. The number of amides is 1. The number of hydrogen-bond donors (Lipinski definition) is 1. The zero-order valence-electron chi connectivity index (χ0n) is 11.7. The lowest BCUT2D eigenvalue weighted by atomic mass is 10.1. The van der Waals surface area contributed by atoms with Crippen molar-refractivity contribution in [1.82, 2.24) is 5.32 Å². The molecule has 0 spiro atoms. The van der Waals surface area contributed by atoms with Crippen LogP contribution >= 0.6 is 0 Å². The fourth-order valence-electron chi connectivity index (χ4n) is 2.84. The van der Waals surface area contributed by atoms with Crippen LogP contribution in [0.25, 0.3) is 0 Å². The summed E-state index contributed by atoms with van der Waals surface area (Å²) in [5, 5.41) is 3.15. The fourth-order valence-corrected chi connectivity index (χ4v) is 2.84. The molecule has 0 radical (unpaired) electrons. The molecule has 3 rings (SSSR count). The van der Waals surface area contributed by atoms with Crippen molar-refractivity contribution in [3.63, 3.8) is 0 Å². The number of carbonyl (C=O) groups excluding carboxylic acids is 1. The molecule has 0 aliphatic heterocycles. The van der Waals surface area contributed by atoms with Crippen LogP contribution in [0.3, 0.4) is 0 Å². The first kappa shape index (κ1) is 12.9. The summed E-state index contributed by atoms with van der Waals surface area (Å²) >= 11 is 0. The van der Waals surface area contributed by atoms with Gasteiger partial charge in [-0.1, -0.05) is 43.3 Å². The maximum atomic E-state index is 12.3. The minimum Gasteiger partial charge on any atom is -0.345 e. The van der Waals surface area contributed by atoms with E-state index in [0.717, 1.165) is 24.8 Å². The summed E-state index contributed by atoms with van der Waals surface area (Å²) in [7, 11) is 0. The standard InChI is InChI=1S/C18H19NO/c1-2-13-7-9-15(10-8-13)18(20)19-17-12-11-14-5-3-4-6-16(14)17/h3-10,17H,2,11-12H2,1H3,(H,19,20). The number of hydrogen-bond acceptors (Lipinski definition) is 1. The van der Waals surface area contributed by atoms with Gasteiger partial charge in [-0.25, -0.2) is 0 Å². The second kappa shape index (κ2) is 5.49. The lowest BCUT2D eigenvalue weighted by Gasteiger charge is -2.14. The van der Waals surface area contributed by atoms with Crippen molar-refractivity contribution in [2.24, 2.45) is 0 Å². The molecule has 2 nitrogen and oxygen atoms in total. The SMILES string of the molecule is CCc1ccc(C(=O)NC2CCc3ccccc32)cc1. The zero-order valence-corrected chi connectivity index (χ0v) is 11.7. The lowest BCUT2D eigenvalue weighted by molar-refractivity contribution is 0.0936. The Morgan fingerprint density at radius 1 is 1.15 bits per heavy atom. The van der Waals surface area contributed by atoms with Gasteiger partial charge in [0, 0.05) is 5.56 Å². The zero-order chi connectivity index (χ0) is 13.9. The molecular formula is C18H19NO. The largest absolute Gasteiger partial charge is 0.345 e. The third kappa shape index (κ3) is 2.46. The Kier molecular flexibility index (Phi) is 3.55. The molecule has 1 aliphatic carbocycles. The van der Waals surface area contributed by atoms with Gasteiger partial charge < -0.3 is 5.32 Å². The van der Waals surface area contributed by atoms with Gasteiger partial charge in [0.05, 0.1) is 6.04 Å². The number of nitrogens with one attached hydrogen (secondary N) is 1. The molecule has 0 aromatic heterocycles. The van der Waals surface area contributed by atoms with Crippen LogP contribution in [-0.2, 0) is 12.8 Å². The van der Waals surface area contributed by atoms with Crippen LogP contribution < -0.4 is 5.32 Å². The molecule has 2 aromatic rings. The second-order valence-electron chi connectivity index (χ2n) is 5.31. The highest BCUT2D eigenvalue weighted by Gasteiger charge is 2.23. The van der Waals surface area contributed by atoms with Crippen molar-refractivity contribution in [3.05, 3.63) is 70.8 Å². The van der Waals surface area contributed by atoms with E-state index >= 15 is 0 Å². The number of rotatable bonds is 3. The van der Waals surface area contributed by atoms with Crippen LogP contribution in [-0.4, -0.2) is 5.91 Å². The Hall–Kier alpha value is -2.09. The highest BCUT2D eigenvalue weighted by molar-refractivity contribution is 5.94. The average molecular weight is 265 g/mol. The van der Waals surface area contributed by atoms with Crippen LogP contribution in [0.1, 0.15) is 46.4 Å². The molecule has 1 atom stereocenters. The van der Waals surface area contributed by atoms with E-state index in [4.69, 9.17) is 0 Å². The number of fused-ring (bicyclic) bond motifs is 1. The first-order chi connectivity index (χ1) is 9.78. The van der Waals surface area contributed by atoms with Crippen molar-refractivity contribution >= 4 is 5.91 Å². The molecule has 1 aliphatic rings. The second-order valence-corrected chi connectivity index (χ2v) is 5.31. The van der Waals surface area contributed by atoms with E-state index in [2.05, 4.69) is 30.4 Å². The first-order valence-electron chi connectivity index (χ1n) is 7.25. The maximum Gasteiger partial charge on any atom is 0.251 e. The summed E-state index contributed by atoms with van der Waals surface area (Å²) in [6.45, 7) is 2.12. The molecular weight excluding hydrogens is 246 g/mol. The first-order valence-corrected chi connectivity index (χ1v) is 7.25. The molecule has 1 unspecified atom stereocenters. The average Bonchev–Trinajstić information content (AvgIpc) is 2.91. The smallest absolute Gasteiger partial charge is 0.251 e. The Morgan fingerprint density at radius 3 is 2.65 bits per heavy atom. The predicted molar refractivity (Wildman–Crippen MR) is 80.8 cm³/mol. The Morgan fingerprint density at radius 2 is 1.90 bits per heavy atom. The van der Waals surface area contributed by atoms with Gasteiger partial charge in [0.15, 0.2) is 0 Å². The van der Waals surface area contributed by atoms with Gasteiger partial charge in [-0.05, 0) is 48.1 Å². The molecule has 0 fully saturated rings. The Balaban J connectivity index is 1.73. The molecule has 2 aromatic carbocycles. The molecule has 0 heterocycles. The van der Waals surface area contributed by atoms with Gasteiger partial charge in [0.1, 0.15) is 0 Å². The van der Waals surface area contributed by atoms with Crippen LogP contribution in [0.15, 0.2) is 48.5 Å². The topological polar surface area (TPSA) is 29.1 Å². The minimum absolute atomic E-state index is 0.0226. The van der Waals surface area contributed by atoms with Gasteiger partial charge >= 0.3 is 0 Å². The highest BCUT2D eigenvalue weighted by Crippen LogP contribution is 2.30. The Labute approximate surface area is 119 Å². The summed E-state index contributed by atoms with van der Waals surface area (Å²) in [5.74, 6) is 0.0226. The summed E-state index contributed by atoms with van der Waals surface area (Å²) in [5.41, 5.74) is 4.63. The lowest BCUT2D eigenvalue weighted by Crippen LogP contribution is -2.27. The van der Waals surface area contributed by atoms with Gasteiger partial charge in [-0.3, -0.25) is 4.79 Å². The van der Waals surface area contributed by atoms with Crippen molar-refractivity contribution in [2.45, 2.75) is 32.2 Å². The van der Waals surface area contributed by atoms with Crippen LogP contribution in [0.5, 0.6) is 0 Å². The van der Waals surface area contributed by atoms with Gasteiger partial charge in [-0.15, -0.1) is 0 Å². The normalized spacial score (nSPS) is 16.8. The molecule has 1 N–H and O–H groups in total. The molecule has 2 heteroatoms. The summed E-state index contributed by atoms with van der Waals surface area (Å²) in [6, 6.07) is 16.4. The van der Waals surface area contributed by atoms with E-state index in [9.17, 15) is 4.79 Å². The van der Waals surface area contributed by atoms with Crippen LogP contribution in [0, 0.1) is 0 Å². The van der Waals surface area contributed by atoms with Crippen molar-refractivity contribution in [1.29, 1.82) is 0 Å². The molecule has 102 valence electrons. The van der Waals surface area contributed by atoms with Crippen molar-refractivity contribution in [2.75, 3.05) is 0 Å². The quantitative estimate of drug-likeness (QED) is 0.901. The number of benzene rings is 2. The summed E-state index contributed by atoms with van der Waals surface area (Å²) in [6.07, 6.45) is 3.05. The van der Waals surface area contributed by atoms with E-state index < -0.39 is 0 Å². The van der Waals surface area contributed by atoms with Crippen LogP contribution in [0.4, 0.5) is 0 Å². The molecule has 20 heavy (non-hydrogen) atoms. The minimum atomic E-state index is 0.0226. The van der Waals surface area contributed by atoms with Crippen molar-refractivity contribution < 1.29 is 4.79 Å². The van der Waals surface area contributed by atoms with E-state index in [1.165, 1.54) is 16.7 Å². The summed E-state index contributed by atoms with van der Waals surface area (Å²) in [4.78, 5) is 12.3. The fraction of sp³-hybridized carbons (Fsp3) is 0.278. The Bertz CT molecular complexity index is 616.